The highest BCUT2D eigenvalue weighted by Crippen LogP contribution is 2.35. The molecule has 128 valence electrons. The molecule has 0 fully saturated rings. The maximum Gasteiger partial charge on any atom is 0.128 e. The molecule has 3 nitrogen and oxygen atoms in total. The van der Waals surface area contributed by atoms with Gasteiger partial charge in [-0.3, -0.25) is 0 Å². The first kappa shape index (κ1) is 18.8. The number of nitrogens with zero attached hydrogens (tertiary/aromatic N) is 2. The minimum Gasteiger partial charge on any atom is -0.457 e. The smallest absolute Gasteiger partial charge is 0.128 e. The van der Waals surface area contributed by atoms with Crippen molar-refractivity contribution in [2.24, 2.45) is 0 Å². The second-order valence-corrected chi connectivity index (χ2v) is 6.25. The molecule has 2 aromatic carbocycles. The standard InChI is InChI=1S/C23H20N2O/c1-5-8-19(6-2)23(3,4)20-9-7-10-21(14-20)26-22-12-11-17(15-24)18(13-22)16-25/h5-14H,1-2H2,3-4H3/b19-8+. The Bertz CT molecular complexity index is 953. The van der Waals surface area contributed by atoms with E-state index in [-0.39, 0.29) is 5.41 Å². The van der Waals surface area contributed by atoms with E-state index in [1.807, 2.05) is 48.6 Å². The van der Waals surface area contributed by atoms with Crippen LogP contribution in [0.25, 0.3) is 0 Å². The van der Waals surface area contributed by atoms with Crippen LogP contribution in [0.1, 0.15) is 30.5 Å². The van der Waals surface area contributed by atoms with E-state index in [1.54, 1.807) is 24.3 Å². The van der Waals surface area contributed by atoms with Crippen molar-refractivity contribution in [3.05, 3.63) is 96.1 Å². The van der Waals surface area contributed by atoms with E-state index in [2.05, 4.69) is 27.0 Å². The van der Waals surface area contributed by atoms with Crippen LogP contribution in [-0.2, 0) is 5.41 Å². The topological polar surface area (TPSA) is 56.8 Å². The summed E-state index contributed by atoms with van der Waals surface area (Å²) in [4.78, 5) is 0. The van der Waals surface area contributed by atoms with Crippen molar-refractivity contribution in [1.82, 2.24) is 0 Å². The van der Waals surface area contributed by atoms with Gasteiger partial charge in [-0.05, 0) is 41.5 Å². The van der Waals surface area contributed by atoms with Gasteiger partial charge in [-0.15, -0.1) is 0 Å². The lowest BCUT2D eigenvalue weighted by Gasteiger charge is -2.27. The van der Waals surface area contributed by atoms with Crippen molar-refractivity contribution in [3.8, 4) is 23.6 Å². The predicted octanol–water partition coefficient (Wildman–Crippen LogP) is 5.80. The van der Waals surface area contributed by atoms with Gasteiger partial charge in [0.05, 0.1) is 11.1 Å². The molecule has 0 spiro atoms. The highest BCUT2D eigenvalue weighted by atomic mass is 16.5. The number of nitriles is 2. The lowest BCUT2D eigenvalue weighted by molar-refractivity contribution is 0.479. The first-order valence-corrected chi connectivity index (χ1v) is 8.14. The Hall–Kier alpha value is -3.56. The van der Waals surface area contributed by atoms with Crippen molar-refractivity contribution >= 4 is 0 Å². The third-order valence-electron chi connectivity index (χ3n) is 4.26. The average molecular weight is 340 g/mol. The summed E-state index contributed by atoms with van der Waals surface area (Å²) in [5, 5.41) is 18.2. The van der Waals surface area contributed by atoms with E-state index >= 15 is 0 Å². The summed E-state index contributed by atoms with van der Waals surface area (Å²) in [6.45, 7) is 11.9. The van der Waals surface area contributed by atoms with Gasteiger partial charge in [0.1, 0.15) is 23.6 Å². The second-order valence-electron chi connectivity index (χ2n) is 6.25. The number of ether oxygens (including phenoxy) is 1. The monoisotopic (exact) mass is 340 g/mol. The summed E-state index contributed by atoms with van der Waals surface area (Å²) in [5.41, 5.74) is 2.48. The quantitative estimate of drug-likeness (QED) is 0.625. The molecule has 0 saturated carbocycles. The van der Waals surface area contributed by atoms with E-state index in [1.165, 1.54) is 0 Å². The number of hydrogen-bond donors (Lipinski definition) is 0. The minimum atomic E-state index is -0.266. The van der Waals surface area contributed by atoms with Gasteiger partial charge in [-0.1, -0.05) is 57.4 Å². The molecule has 0 N–H and O–H groups in total. The van der Waals surface area contributed by atoms with E-state index in [0.717, 1.165) is 11.1 Å². The Labute approximate surface area is 154 Å². The molecule has 0 amide bonds. The number of rotatable bonds is 6. The molecule has 0 aliphatic carbocycles. The molecule has 0 unspecified atom stereocenters. The fourth-order valence-corrected chi connectivity index (χ4v) is 2.69. The Morgan fingerprint density at radius 1 is 1.00 bits per heavy atom. The summed E-state index contributed by atoms with van der Waals surface area (Å²) in [6.07, 6.45) is 5.52. The van der Waals surface area contributed by atoms with Gasteiger partial charge >= 0.3 is 0 Å². The molecule has 0 bridgehead atoms. The van der Waals surface area contributed by atoms with Gasteiger partial charge in [-0.2, -0.15) is 10.5 Å². The lowest BCUT2D eigenvalue weighted by atomic mass is 9.77. The van der Waals surface area contributed by atoms with Crippen molar-refractivity contribution in [1.29, 1.82) is 10.5 Å². The zero-order chi connectivity index (χ0) is 19.2. The van der Waals surface area contributed by atoms with Gasteiger partial charge in [0.25, 0.3) is 0 Å². The van der Waals surface area contributed by atoms with E-state index in [0.29, 0.717) is 22.6 Å². The van der Waals surface area contributed by atoms with Gasteiger partial charge in [0.2, 0.25) is 0 Å². The van der Waals surface area contributed by atoms with Crippen LogP contribution in [0.15, 0.2) is 79.4 Å². The molecule has 0 saturated heterocycles. The van der Waals surface area contributed by atoms with Crippen LogP contribution in [0.4, 0.5) is 0 Å². The number of hydrogen-bond acceptors (Lipinski definition) is 3. The van der Waals surface area contributed by atoms with Crippen LogP contribution in [0, 0.1) is 22.7 Å². The molecular formula is C23H20N2O. The van der Waals surface area contributed by atoms with Gasteiger partial charge in [0.15, 0.2) is 0 Å². The molecule has 0 aliphatic heterocycles. The molecule has 0 aromatic heterocycles. The Kier molecular flexibility index (Phi) is 5.78. The molecule has 0 heterocycles. The molecular weight excluding hydrogens is 320 g/mol. The van der Waals surface area contributed by atoms with Crippen LogP contribution in [-0.4, -0.2) is 0 Å². The van der Waals surface area contributed by atoms with Crippen molar-refractivity contribution in [2.45, 2.75) is 19.3 Å². The zero-order valence-electron chi connectivity index (χ0n) is 15.0. The van der Waals surface area contributed by atoms with Crippen LogP contribution < -0.4 is 4.74 Å². The molecule has 26 heavy (non-hydrogen) atoms. The summed E-state index contributed by atoms with van der Waals surface area (Å²) in [7, 11) is 0. The molecule has 2 rings (SSSR count). The Balaban J connectivity index is 2.38. The predicted molar refractivity (Wildman–Crippen MR) is 104 cm³/mol. The Morgan fingerprint density at radius 3 is 2.31 bits per heavy atom. The molecule has 3 heteroatoms. The van der Waals surface area contributed by atoms with Crippen LogP contribution in [0.3, 0.4) is 0 Å². The molecule has 0 aliphatic rings. The first-order chi connectivity index (χ1) is 12.5. The highest BCUT2D eigenvalue weighted by molar-refractivity contribution is 5.50. The lowest BCUT2D eigenvalue weighted by Crippen LogP contribution is -2.19. The van der Waals surface area contributed by atoms with Crippen LogP contribution in [0.5, 0.6) is 11.5 Å². The number of benzene rings is 2. The normalized spacial score (nSPS) is 11.2. The molecule has 0 radical (unpaired) electrons. The zero-order valence-corrected chi connectivity index (χ0v) is 15.0. The molecule has 0 atom stereocenters. The van der Waals surface area contributed by atoms with Crippen LogP contribution >= 0.6 is 0 Å². The maximum atomic E-state index is 9.15. The second kappa shape index (κ2) is 8.01. The third kappa shape index (κ3) is 3.91. The fourth-order valence-electron chi connectivity index (χ4n) is 2.69. The summed E-state index contributed by atoms with van der Waals surface area (Å²) in [5.74, 6) is 1.17. The Morgan fingerprint density at radius 2 is 1.69 bits per heavy atom. The van der Waals surface area contributed by atoms with Crippen molar-refractivity contribution in [2.75, 3.05) is 0 Å². The summed E-state index contributed by atoms with van der Waals surface area (Å²) >= 11 is 0. The fraction of sp³-hybridized carbons (Fsp3) is 0.130. The number of allylic oxidation sites excluding steroid dienone is 4. The van der Waals surface area contributed by atoms with E-state index in [9.17, 15) is 0 Å². The first-order valence-electron chi connectivity index (χ1n) is 8.14. The van der Waals surface area contributed by atoms with Gasteiger partial charge in [-0.25, -0.2) is 0 Å². The largest absolute Gasteiger partial charge is 0.457 e. The van der Waals surface area contributed by atoms with Gasteiger partial charge < -0.3 is 4.74 Å². The molecule has 2 aromatic rings. The summed E-state index contributed by atoms with van der Waals surface area (Å²) in [6, 6.07) is 16.6. The average Bonchev–Trinajstić information content (AvgIpc) is 2.66. The van der Waals surface area contributed by atoms with Crippen molar-refractivity contribution in [3.63, 3.8) is 0 Å². The van der Waals surface area contributed by atoms with Crippen LogP contribution in [0.2, 0.25) is 0 Å². The minimum absolute atomic E-state index is 0.266. The van der Waals surface area contributed by atoms with E-state index in [4.69, 9.17) is 15.3 Å². The highest BCUT2D eigenvalue weighted by Gasteiger charge is 2.24. The van der Waals surface area contributed by atoms with Crippen molar-refractivity contribution < 1.29 is 4.74 Å². The summed E-state index contributed by atoms with van der Waals surface area (Å²) < 4.78 is 5.90. The SMILES string of the molecule is C=C/C=C(\C=C)C(C)(C)c1cccc(Oc2ccc(C#N)c(C#N)c2)c1. The third-order valence-corrected chi connectivity index (χ3v) is 4.26. The van der Waals surface area contributed by atoms with Gasteiger partial charge in [0, 0.05) is 5.41 Å². The van der Waals surface area contributed by atoms with E-state index < -0.39 is 0 Å². The maximum absolute atomic E-state index is 9.15.